The number of hydrogen-bond acceptors (Lipinski definition) is 3. The van der Waals surface area contributed by atoms with Gasteiger partial charge in [-0.25, -0.2) is 4.79 Å². The fourth-order valence-corrected chi connectivity index (χ4v) is 0.574. The van der Waals surface area contributed by atoms with E-state index in [2.05, 4.69) is 15.3 Å². The Labute approximate surface area is 83.2 Å². The molecule has 1 aromatic heterocycles. The van der Waals surface area contributed by atoms with Crippen molar-refractivity contribution >= 4 is 6.09 Å². The average Bonchev–Trinajstić information content (AvgIpc) is 2.03. The predicted molar refractivity (Wildman–Crippen MR) is 52.9 cm³/mol. The Balaban J connectivity index is 0.000000249. The van der Waals surface area contributed by atoms with Gasteiger partial charge in [0.2, 0.25) is 0 Å². The highest BCUT2D eigenvalue weighted by Gasteiger charge is 2.10. The maximum atomic E-state index is 9.90. The number of nitrogens with one attached hydrogen (secondary N) is 1. The summed E-state index contributed by atoms with van der Waals surface area (Å²) >= 11 is 0. The van der Waals surface area contributed by atoms with Crippen molar-refractivity contribution in [1.82, 2.24) is 15.3 Å². The van der Waals surface area contributed by atoms with E-state index in [1.165, 1.54) is 0 Å². The molecule has 0 aliphatic carbocycles. The topological polar surface area (TPSA) is 75.1 Å². The zero-order valence-corrected chi connectivity index (χ0v) is 8.56. The maximum Gasteiger partial charge on any atom is 0.405 e. The van der Waals surface area contributed by atoms with E-state index in [1.54, 1.807) is 45.6 Å². The van der Waals surface area contributed by atoms with Gasteiger partial charge in [0.05, 0.1) is 0 Å². The first kappa shape index (κ1) is 12.3. The molecule has 1 heterocycles. The molecule has 0 aromatic carbocycles. The molecule has 0 fully saturated rings. The molecule has 0 saturated heterocycles. The minimum absolute atomic E-state index is 0.328. The molecule has 2 N–H and O–H groups in total. The summed E-state index contributed by atoms with van der Waals surface area (Å²) in [5.41, 5.74) is -0.328. The predicted octanol–water partition coefficient (Wildman–Crippen LogP) is 1.53. The van der Waals surface area contributed by atoms with Crippen LogP contribution in [-0.2, 0) is 0 Å². The summed E-state index contributed by atoms with van der Waals surface area (Å²) in [6.45, 7) is 5.38. The van der Waals surface area contributed by atoms with E-state index in [0.29, 0.717) is 0 Å². The minimum atomic E-state index is -0.975. The molecule has 0 radical (unpaired) electrons. The van der Waals surface area contributed by atoms with E-state index >= 15 is 0 Å². The summed E-state index contributed by atoms with van der Waals surface area (Å²) in [6, 6.07) is 0. The molecule has 14 heavy (non-hydrogen) atoms. The fraction of sp³-hybridized carbons (Fsp3) is 0.444. The summed E-state index contributed by atoms with van der Waals surface area (Å²) in [5.74, 6) is 0. The Kier molecular flexibility index (Phi) is 5.21. The standard InChI is InChI=1S/C5H11NO2.C4H4N2/c1-5(2,3)6-4(7)8;1-2-6-4-3-5-1/h6H,1-3H3,(H,7,8);1-4H. The lowest BCUT2D eigenvalue weighted by Gasteiger charge is -2.16. The SMILES string of the molecule is CC(C)(C)NC(=O)O.c1cnccn1. The zero-order chi connectivity index (χ0) is 11.0. The van der Waals surface area contributed by atoms with Crippen molar-refractivity contribution in [2.45, 2.75) is 26.3 Å². The Bertz CT molecular complexity index is 230. The second-order valence-corrected chi connectivity index (χ2v) is 3.57. The van der Waals surface area contributed by atoms with Crippen LogP contribution < -0.4 is 5.32 Å². The Hall–Kier alpha value is -1.65. The van der Waals surface area contributed by atoms with Gasteiger partial charge in [-0.1, -0.05) is 0 Å². The van der Waals surface area contributed by atoms with Crippen LogP contribution in [0.4, 0.5) is 4.79 Å². The fourth-order valence-electron chi connectivity index (χ4n) is 0.574. The van der Waals surface area contributed by atoms with Crippen LogP contribution in [0.15, 0.2) is 24.8 Å². The number of amides is 1. The van der Waals surface area contributed by atoms with Crippen molar-refractivity contribution in [3.63, 3.8) is 0 Å². The van der Waals surface area contributed by atoms with Gasteiger partial charge in [0.25, 0.3) is 0 Å². The normalized spacial score (nSPS) is 9.64. The summed E-state index contributed by atoms with van der Waals surface area (Å²) in [4.78, 5) is 17.3. The molecule has 5 nitrogen and oxygen atoms in total. The summed E-state index contributed by atoms with van der Waals surface area (Å²) in [5, 5.41) is 10.4. The van der Waals surface area contributed by atoms with Crippen molar-refractivity contribution in [3.8, 4) is 0 Å². The molecule has 0 aliphatic rings. The lowest BCUT2D eigenvalue weighted by Crippen LogP contribution is -2.39. The molecule has 1 amide bonds. The molecular formula is C9H15N3O2. The Morgan fingerprint density at radius 2 is 1.50 bits per heavy atom. The lowest BCUT2D eigenvalue weighted by molar-refractivity contribution is 0.184. The van der Waals surface area contributed by atoms with Gasteiger partial charge in [0.1, 0.15) is 0 Å². The maximum absolute atomic E-state index is 9.90. The Morgan fingerprint density at radius 3 is 1.57 bits per heavy atom. The molecule has 1 rings (SSSR count). The molecule has 0 atom stereocenters. The van der Waals surface area contributed by atoms with Gasteiger partial charge in [0, 0.05) is 30.3 Å². The number of rotatable bonds is 0. The first-order chi connectivity index (χ1) is 6.42. The van der Waals surface area contributed by atoms with E-state index in [9.17, 15) is 4.79 Å². The summed E-state index contributed by atoms with van der Waals surface area (Å²) in [6.07, 6.45) is 5.58. The largest absolute Gasteiger partial charge is 0.465 e. The van der Waals surface area contributed by atoms with E-state index in [0.717, 1.165) is 0 Å². The molecule has 0 aliphatic heterocycles. The van der Waals surface area contributed by atoms with Gasteiger partial charge in [-0.05, 0) is 20.8 Å². The second-order valence-electron chi connectivity index (χ2n) is 3.57. The number of hydrogen-bond donors (Lipinski definition) is 2. The van der Waals surface area contributed by atoms with Crippen LogP contribution in [0, 0.1) is 0 Å². The lowest BCUT2D eigenvalue weighted by atomic mass is 10.1. The van der Waals surface area contributed by atoms with Gasteiger partial charge in [-0.3, -0.25) is 9.97 Å². The highest BCUT2D eigenvalue weighted by atomic mass is 16.4. The van der Waals surface area contributed by atoms with Crippen molar-refractivity contribution in [1.29, 1.82) is 0 Å². The summed E-state index contributed by atoms with van der Waals surface area (Å²) < 4.78 is 0. The first-order valence-electron chi connectivity index (χ1n) is 4.13. The smallest absolute Gasteiger partial charge is 0.405 e. The quantitative estimate of drug-likeness (QED) is 0.661. The number of carbonyl (C=O) groups is 1. The van der Waals surface area contributed by atoms with Crippen LogP contribution >= 0.6 is 0 Å². The van der Waals surface area contributed by atoms with Crippen molar-refractivity contribution in [3.05, 3.63) is 24.8 Å². The van der Waals surface area contributed by atoms with Crippen LogP contribution in [0.5, 0.6) is 0 Å². The molecule has 0 bridgehead atoms. The third-order valence-electron chi connectivity index (χ3n) is 0.960. The van der Waals surface area contributed by atoms with E-state index in [4.69, 9.17) is 5.11 Å². The third-order valence-corrected chi connectivity index (χ3v) is 0.960. The minimum Gasteiger partial charge on any atom is -0.465 e. The van der Waals surface area contributed by atoms with E-state index in [1.807, 2.05) is 0 Å². The second kappa shape index (κ2) is 5.90. The monoisotopic (exact) mass is 197 g/mol. The van der Waals surface area contributed by atoms with Crippen molar-refractivity contribution < 1.29 is 9.90 Å². The molecule has 5 heteroatoms. The van der Waals surface area contributed by atoms with Crippen LogP contribution in [0.3, 0.4) is 0 Å². The van der Waals surface area contributed by atoms with Gasteiger partial charge < -0.3 is 10.4 Å². The highest BCUT2D eigenvalue weighted by molar-refractivity contribution is 5.65. The zero-order valence-electron chi connectivity index (χ0n) is 8.56. The van der Waals surface area contributed by atoms with Crippen LogP contribution in [-0.4, -0.2) is 26.7 Å². The molecule has 0 saturated carbocycles. The van der Waals surface area contributed by atoms with Crippen LogP contribution in [0.1, 0.15) is 20.8 Å². The van der Waals surface area contributed by atoms with Crippen LogP contribution in [0.2, 0.25) is 0 Å². The van der Waals surface area contributed by atoms with Crippen LogP contribution in [0.25, 0.3) is 0 Å². The molecular weight excluding hydrogens is 182 g/mol. The number of carboxylic acid groups (broad SMARTS) is 1. The van der Waals surface area contributed by atoms with Gasteiger partial charge in [0.15, 0.2) is 0 Å². The number of nitrogens with zero attached hydrogens (tertiary/aromatic N) is 2. The third kappa shape index (κ3) is 10.3. The van der Waals surface area contributed by atoms with E-state index < -0.39 is 6.09 Å². The first-order valence-corrected chi connectivity index (χ1v) is 4.13. The van der Waals surface area contributed by atoms with Gasteiger partial charge in [-0.15, -0.1) is 0 Å². The molecule has 78 valence electrons. The van der Waals surface area contributed by atoms with Crippen molar-refractivity contribution in [2.24, 2.45) is 0 Å². The average molecular weight is 197 g/mol. The number of aromatic nitrogens is 2. The molecule has 1 aromatic rings. The van der Waals surface area contributed by atoms with Gasteiger partial charge in [-0.2, -0.15) is 0 Å². The molecule has 0 spiro atoms. The highest BCUT2D eigenvalue weighted by Crippen LogP contribution is 1.96. The van der Waals surface area contributed by atoms with E-state index in [-0.39, 0.29) is 5.54 Å². The van der Waals surface area contributed by atoms with Crippen molar-refractivity contribution in [2.75, 3.05) is 0 Å². The molecule has 0 unspecified atom stereocenters. The Morgan fingerprint density at radius 1 is 1.14 bits per heavy atom. The van der Waals surface area contributed by atoms with Gasteiger partial charge >= 0.3 is 6.09 Å². The summed E-state index contributed by atoms with van der Waals surface area (Å²) in [7, 11) is 0.